The molecule has 3 rings (SSSR count). The van der Waals surface area contributed by atoms with Crippen molar-refractivity contribution in [1.29, 1.82) is 0 Å². The van der Waals surface area contributed by atoms with Crippen molar-refractivity contribution in [2.24, 2.45) is 5.92 Å². The number of fused-ring (bicyclic) bond motifs is 1. The molecule has 0 aromatic carbocycles. The number of hydrogen-bond donors (Lipinski definition) is 2. The topological polar surface area (TPSA) is 84.1 Å². The van der Waals surface area contributed by atoms with Gasteiger partial charge in [-0.05, 0) is 6.42 Å². The Hall–Kier alpha value is -1.67. The SMILES string of the molecule is O[C@@H]1[C@@H](CF)C[C@@H](n2cnc3c(F)ncnc32)[C@@H]1O. The van der Waals surface area contributed by atoms with E-state index in [1.54, 1.807) is 0 Å². The van der Waals surface area contributed by atoms with Gasteiger partial charge >= 0.3 is 0 Å². The van der Waals surface area contributed by atoms with E-state index < -0.39 is 36.8 Å². The molecule has 0 amide bonds. The van der Waals surface area contributed by atoms with Crippen molar-refractivity contribution in [2.75, 3.05) is 6.67 Å². The fraction of sp³-hybridized carbons (Fsp3) is 0.545. The first-order chi connectivity index (χ1) is 9.13. The van der Waals surface area contributed by atoms with Gasteiger partial charge in [-0.25, -0.2) is 15.0 Å². The monoisotopic (exact) mass is 270 g/mol. The highest BCUT2D eigenvalue weighted by molar-refractivity contribution is 5.69. The van der Waals surface area contributed by atoms with Crippen LogP contribution in [0, 0.1) is 11.9 Å². The highest BCUT2D eigenvalue weighted by atomic mass is 19.1. The van der Waals surface area contributed by atoms with E-state index in [9.17, 15) is 19.0 Å². The molecule has 6 nitrogen and oxygen atoms in total. The quantitative estimate of drug-likeness (QED) is 0.762. The van der Waals surface area contributed by atoms with Gasteiger partial charge in [0.05, 0.1) is 25.1 Å². The third-order valence-electron chi connectivity index (χ3n) is 3.64. The molecular formula is C11H12F2N4O2. The Bertz CT molecular complexity index is 605. The average molecular weight is 270 g/mol. The first-order valence-corrected chi connectivity index (χ1v) is 5.88. The zero-order chi connectivity index (χ0) is 13.6. The summed E-state index contributed by atoms with van der Waals surface area (Å²) in [5.41, 5.74) is 0.219. The first kappa shape index (κ1) is 12.4. The molecule has 0 spiro atoms. The third kappa shape index (κ3) is 1.79. The number of aliphatic hydroxyl groups is 2. The Morgan fingerprint density at radius 3 is 2.74 bits per heavy atom. The molecule has 4 atom stereocenters. The second-order valence-electron chi connectivity index (χ2n) is 4.69. The number of rotatable bonds is 2. The maximum Gasteiger partial charge on any atom is 0.244 e. The molecule has 2 aromatic rings. The lowest BCUT2D eigenvalue weighted by atomic mass is 10.1. The summed E-state index contributed by atoms with van der Waals surface area (Å²) in [6.45, 7) is -0.718. The van der Waals surface area contributed by atoms with Crippen LogP contribution in [0.3, 0.4) is 0 Å². The van der Waals surface area contributed by atoms with E-state index in [1.165, 1.54) is 10.9 Å². The lowest BCUT2D eigenvalue weighted by Gasteiger charge is -2.18. The van der Waals surface area contributed by atoms with Gasteiger partial charge in [-0.3, -0.25) is 4.39 Å². The number of imidazole rings is 1. The molecular weight excluding hydrogens is 258 g/mol. The van der Waals surface area contributed by atoms with Crippen LogP contribution in [0.1, 0.15) is 12.5 Å². The molecule has 0 aliphatic heterocycles. The average Bonchev–Trinajstić information content (AvgIpc) is 2.94. The van der Waals surface area contributed by atoms with Crippen LogP contribution >= 0.6 is 0 Å². The molecule has 19 heavy (non-hydrogen) atoms. The molecule has 102 valence electrons. The van der Waals surface area contributed by atoms with Gasteiger partial charge in [0.1, 0.15) is 12.4 Å². The second kappa shape index (κ2) is 4.46. The number of nitrogens with zero attached hydrogens (tertiary/aromatic N) is 4. The van der Waals surface area contributed by atoms with E-state index in [-0.39, 0.29) is 17.6 Å². The number of alkyl halides is 1. The summed E-state index contributed by atoms with van der Waals surface area (Å²) in [7, 11) is 0. The van der Waals surface area contributed by atoms with Gasteiger partial charge < -0.3 is 14.8 Å². The van der Waals surface area contributed by atoms with Gasteiger partial charge in [0.15, 0.2) is 11.2 Å². The van der Waals surface area contributed by atoms with Gasteiger partial charge in [-0.15, -0.1) is 0 Å². The van der Waals surface area contributed by atoms with Crippen molar-refractivity contribution in [3.8, 4) is 0 Å². The Kier molecular flexibility index (Phi) is 2.90. The van der Waals surface area contributed by atoms with E-state index in [1.807, 2.05) is 0 Å². The van der Waals surface area contributed by atoms with Crippen molar-refractivity contribution in [3.05, 3.63) is 18.6 Å². The Labute approximate surface area is 106 Å². The molecule has 2 aromatic heterocycles. The molecule has 0 radical (unpaired) electrons. The fourth-order valence-electron chi connectivity index (χ4n) is 2.59. The lowest BCUT2D eigenvalue weighted by Crippen LogP contribution is -2.29. The van der Waals surface area contributed by atoms with E-state index in [2.05, 4.69) is 15.0 Å². The van der Waals surface area contributed by atoms with Gasteiger partial charge in [0.25, 0.3) is 0 Å². The van der Waals surface area contributed by atoms with E-state index >= 15 is 0 Å². The minimum absolute atomic E-state index is 0.00658. The Balaban J connectivity index is 2.04. The maximum atomic E-state index is 13.4. The molecule has 8 heteroatoms. The van der Waals surface area contributed by atoms with Crippen LogP contribution in [0.25, 0.3) is 11.2 Å². The number of aliphatic hydroxyl groups excluding tert-OH is 2. The zero-order valence-corrected chi connectivity index (χ0v) is 9.82. The van der Waals surface area contributed by atoms with Crippen LogP contribution < -0.4 is 0 Å². The standard InChI is InChI=1S/C11H12F2N4O2/c12-2-5-1-6(9(19)8(5)18)17-4-16-7-10(13)14-3-15-11(7)17/h3-6,8-9,18-19H,1-2H2/t5-,6-,8-,9+/m1/s1. The lowest BCUT2D eigenvalue weighted by molar-refractivity contribution is 0.00271. The van der Waals surface area contributed by atoms with Crippen LogP contribution in [0.15, 0.2) is 12.7 Å². The summed E-state index contributed by atoms with van der Waals surface area (Å²) < 4.78 is 27.6. The maximum absolute atomic E-state index is 13.4. The number of aromatic nitrogens is 4. The van der Waals surface area contributed by atoms with Crippen LogP contribution in [-0.2, 0) is 0 Å². The van der Waals surface area contributed by atoms with Gasteiger partial charge in [-0.2, -0.15) is 4.39 Å². The van der Waals surface area contributed by atoms with E-state index in [0.717, 1.165) is 6.33 Å². The molecule has 1 aliphatic rings. The molecule has 0 unspecified atom stereocenters. The largest absolute Gasteiger partial charge is 0.390 e. The Morgan fingerprint density at radius 2 is 2.05 bits per heavy atom. The van der Waals surface area contributed by atoms with Gasteiger partial charge in [0, 0.05) is 5.92 Å². The highest BCUT2D eigenvalue weighted by Gasteiger charge is 2.43. The third-order valence-corrected chi connectivity index (χ3v) is 3.64. The molecule has 1 fully saturated rings. The van der Waals surface area contributed by atoms with E-state index in [0.29, 0.717) is 0 Å². The van der Waals surface area contributed by atoms with Gasteiger partial charge in [-0.1, -0.05) is 0 Å². The summed E-state index contributed by atoms with van der Waals surface area (Å²) in [6.07, 6.45) is 0.357. The minimum Gasteiger partial charge on any atom is -0.390 e. The van der Waals surface area contributed by atoms with Crippen LogP contribution in [0.5, 0.6) is 0 Å². The number of halogens is 2. The molecule has 2 heterocycles. The van der Waals surface area contributed by atoms with Crippen molar-refractivity contribution in [3.63, 3.8) is 0 Å². The van der Waals surface area contributed by atoms with Crippen LogP contribution in [-0.4, -0.2) is 48.6 Å². The normalized spacial score (nSPS) is 31.2. The van der Waals surface area contributed by atoms with Crippen LogP contribution in [0.4, 0.5) is 8.78 Å². The smallest absolute Gasteiger partial charge is 0.244 e. The van der Waals surface area contributed by atoms with E-state index in [4.69, 9.17) is 0 Å². The molecule has 1 saturated carbocycles. The van der Waals surface area contributed by atoms with Crippen molar-refractivity contribution < 1.29 is 19.0 Å². The molecule has 0 saturated heterocycles. The van der Waals surface area contributed by atoms with Crippen molar-refractivity contribution in [1.82, 2.24) is 19.5 Å². The summed E-state index contributed by atoms with van der Waals surface area (Å²) in [5.74, 6) is -1.39. The van der Waals surface area contributed by atoms with Crippen molar-refractivity contribution >= 4 is 11.2 Å². The second-order valence-corrected chi connectivity index (χ2v) is 4.69. The predicted molar refractivity (Wildman–Crippen MR) is 60.4 cm³/mol. The van der Waals surface area contributed by atoms with Crippen LogP contribution in [0.2, 0.25) is 0 Å². The van der Waals surface area contributed by atoms with Gasteiger partial charge in [0.2, 0.25) is 5.95 Å². The summed E-state index contributed by atoms with van der Waals surface area (Å²) in [6, 6.07) is -0.574. The Morgan fingerprint density at radius 1 is 1.26 bits per heavy atom. The summed E-state index contributed by atoms with van der Waals surface area (Å²) in [4.78, 5) is 11.2. The fourth-order valence-corrected chi connectivity index (χ4v) is 2.59. The summed E-state index contributed by atoms with van der Waals surface area (Å²) >= 11 is 0. The molecule has 0 bridgehead atoms. The predicted octanol–water partition coefficient (Wildman–Crippen LogP) is 0.218. The highest BCUT2D eigenvalue weighted by Crippen LogP contribution is 2.36. The first-order valence-electron chi connectivity index (χ1n) is 5.88. The molecule has 1 aliphatic carbocycles. The zero-order valence-electron chi connectivity index (χ0n) is 9.82. The summed E-state index contributed by atoms with van der Waals surface area (Å²) in [5, 5.41) is 19.7. The number of hydrogen-bond acceptors (Lipinski definition) is 5. The van der Waals surface area contributed by atoms with Crippen molar-refractivity contribution in [2.45, 2.75) is 24.7 Å². The minimum atomic E-state index is -1.14. The molecule has 2 N–H and O–H groups in total.